The van der Waals surface area contributed by atoms with Crippen LogP contribution < -0.4 is 21.3 Å². The summed E-state index contributed by atoms with van der Waals surface area (Å²) in [6.07, 6.45) is 0. The molecule has 0 spiro atoms. The second-order valence-electron chi connectivity index (χ2n) is 5.43. The molecule has 0 aliphatic carbocycles. The smallest absolute Gasteiger partial charge is 0.223 e. The summed E-state index contributed by atoms with van der Waals surface area (Å²) in [6, 6.07) is 6.25. The molecule has 8 heteroatoms. The van der Waals surface area contributed by atoms with Crippen molar-refractivity contribution < 1.29 is 8.78 Å². The second-order valence-corrected chi connectivity index (χ2v) is 5.43. The fourth-order valence-corrected chi connectivity index (χ4v) is 2.42. The van der Waals surface area contributed by atoms with E-state index in [-0.39, 0.29) is 18.1 Å². The molecule has 0 bridgehead atoms. The Morgan fingerprint density at radius 3 is 2.83 bits per heavy atom. The molecule has 1 aliphatic heterocycles. The first kappa shape index (κ1) is 15.4. The summed E-state index contributed by atoms with van der Waals surface area (Å²) in [4.78, 5) is 10.3. The number of halogens is 2. The fourth-order valence-electron chi connectivity index (χ4n) is 2.42. The van der Waals surface area contributed by atoms with E-state index in [0.717, 1.165) is 19.2 Å². The number of hydrogen-bond acceptors (Lipinski definition) is 6. The molecule has 2 heterocycles. The number of anilines is 3. The molecule has 1 aliphatic rings. The largest absolute Gasteiger partial charge is 0.368 e. The highest BCUT2D eigenvalue weighted by Crippen LogP contribution is 2.22. The molecule has 4 N–H and O–H groups in total. The van der Waals surface area contributed by atoms with E-state index in [1.165, 1.54) is 12.1 Å². The Kier molecular flexibility index (Phi) is 4.24. The Morgan fingerprint density at radius 2 is 2.09 bits per heavy atom. The van der Waals surface area contributed by atoms with E-state index in [9.17, 15) is 8.78 Å². The zero-order valence-electron chi connectivity index (χ0n) is 12.7. The van der Waals surface area contributed by atoms with E-state index in [1.807, 2.05) is 7.05 Å². The monoisotopic (exact) mass is 320 g/mol. The molecule has 0 unspecified atom stereocenters. The number of likely N-dealkylation sites (N-methyl/N-ethyl adjacent to an activating group) is 1. The highest BCUT2D eigenvalue weighted by Gasteiger charge is 2.26. The molecule has 1 aromatic carbocycles. The zero-order valence-corrected chi connectivity index (χ0v) is 12.7. The van der Waals surface area contributed by atoms with Gasteiger partial charge >= 0.3 is 0 Å². The Hall–Kier alpha value is -2.48. The van der Waals surface area contributed by atoms with Gasteiger partial charge in [-0.3, -0.25) is 0 Å². The van der Waals surface area contributed by atoms with E-state index >= 15 is 0 Å². The van der Waals surface area contributed by atoms with Gasteiger partial charge in [0.25, 0.3) is 0 Å². The number of benzene rings is 1. The predicted molar refractivity (Wildman–Crippen MR) is 85.2 cm³/mol. The molecular weight excluding hydrogens is 302 g/mol. The highest BCUT2D eigenvalue weighted by atomic mass is 19.2. The first-order chi connectivity index (χ1) is 11.1. The van der Waals surface area contributed by atoms with Crippen LogP contribution in [0.5, 0.6) is 0 Å². The van der Waals surface area contributed by atoms with Crippen LogP contribution in [-0.2, 0) is 6.54 Å². The maximum absolute atomic E-state index is 13.6. The summed E-state index contributed by atoms with van der Waals surface area (Å²) in [5, 5.41) is 6.14. The third-order valence-electron chi connectivity index (χ3n) is 3.84. The molecule has 3 rings (SSSR count). The van der Waals surface area contributed by atoms with E-state index in [0.29, 0.717) is 17.7 Å². The minimum Gasteiger partial charge on any atom is -0.368 e. The highest BCUT2D eigenvalue weighted by molar-refractivity contribution is 5.54. The normalized spacial score (nSPS) is 14.7. The molecule has 0 atom stereocenters. The molecule has 2 aromatic rings. The van der Waals surface area contributed by atoms with Gasteiger partial charge in [-0.1, -0.05) is 12.1 Å². The number of aromatic nitrogens is 2. The van der Waals surface area contributed by atoms with E-state index in [1.54, 1.807) is 6.07 Å². The average molecular weight is 320 g/mol. The van der Waals surface area contributed by atoms with E-state index < -0.39 is 11.6 Å². The number of nitrogen functional groups attached to an aromatic ring is 1. The molecule has 0 radical (unpaired) electrons. The van der Waals surface area contributed by atoms with Crippen LogP contribution in [0, 0.1) is 11.6 Å². The summed E-state index contributed by atoms with van der Waals surface area (Å²) >= 11 is 0. The van der Waals surface area contributed by atoms with Crippen LogP contribution in [0.1, 0.15) is 5.56 Å². The van der Waals surface area contributed by atoms with Crippen LogP contribution in [0.25, 0.3) is 0 Å². The van der Waals surface area contributed by atoms with Crippen molar-refractivity contribution in [3.8, 4) is 0 Å². The third-order valence-corrected chi connectivity index (χ3v) is 3.84. The Labute approximate surface area is 132 Å². The number of nitrogens with one attached hydrogen (secondary N) is 2. The lowest BCUT2D eigenvalue weighted by atomic mass is 10.1. The quantitative estimate of drug-likeness (QED) is 0.772. The van der Waals surface area contributed by atoms with Gasteiger partial charge in [-0.05, 0) is 13.1 Å². The molecule has 23 heavy (non-hydrogen) atoms. The van der Waals surface area contributed by atoms with Crippen molar-refractivity contribution in [3.05, 3.63) is 41.5 Å². The molecule has 1 saturated heterocycles. The summed E-state index contributed by atoms with van der Waals surface area (Å²) in [6.45, 7) is 1.79. The minimum absolute atomic E-state index is 0.110. The van der Waals surface area contributed by atoms with Crippen molar-refractivity contribution in [2.75, 3.05) is 36.1 Å². The zero-order chi connectivity index (χ0) is 16.4. The predicted octanol–water partition coefficient (Wildman–Crippen LogP) is 1.36. The Balaban J connectivity index is 1.71. The number of hydrogen-bond donors (Lipinski definition) is 3. The number of nitrogens with two attached hydrogens (primary N) is 1. The first-order valence-corrected chi connectivity index (χ1v) is 7.30. The lowest BCUT2D eigenvalue weighted by Crippen LogP contribution is -2.57. The standard InChI is InChI=1S/C15H18F2N6/c1-19-10-7-23(8-10)13-5-12(21-15(18)22-13)20-6-9-3-2-4-11(16)14(9)17/h2-5,10,19H,6-8H2,1H3,(H3,18,20,21,22). The van der Waals surface area contributed by atoms with Gasteiger partial charge in [0.15, 0.2) is 11.6 Å². The van der Waals surface area contributed by atoms with E-state index in [4.69, 9.17) is 5.73 Å². The van der Waals surface area contributed by atoms with Gasteiger partial charge in [0.2, 0.25) is 5.95 Å². The van der Waals surface area contributed by atoms with Crippen molar-refractivity contribution in [1.29, 1.82) is 0 Å². The van der Waals surface area contributed by atoms with Crippen molar-refractivity contribution >= 4 is 17.6 Å². The van der Waals surface area contributed by atoms with Gasteiger partial charge in [-0.15, -0.1) is 0 Å². The van der Waals surface area contributed by atoms with Crippen LogP contribution >= 0.6 is 0 Å². The fraction of sp³-hybridized carbons (Fsp3) is 0.333. The number of rotatable bonds is 5. The molecule has 122 valence electrons. The molecule has 6 nitrogen and oxygen atoms in total. The molecule has 0 saturated carbocycles. The van der Waals surface area contributed by atoms with E-state index in [2.05, 4.69) is 25.5 Å². The lowest BCUT2D eigenvalue weighted by Gasteiger charge is -2.40. The van der Waals surface area contributed by atoms with Gasteiger partial charge in [0.05, 0.1) is 0 Å². The van der Waals surface area contributed by atoms with Gasteiger partial charge in [0.1, 0.15) is 11.6 Å². The van der Waals surface area contributed by atoms with Gasteiger partial charge in [-0.25, -0.2) is 8.78 Å². The molecule has 1 fully saturated rings. The van der Waals surface area contributed by atoms with Gasteiger partial charge in [0, 0.05) is 37.3 Å². The molecule has 1 aromatic heterocycles. The number of nitrogens with zero attached hydrogens (tertiary/aromatic N) is 3. The maximum Gasteiger partial charge on any atom is 0.223 e. The second kappa shape index (κ2) is 6.33. The lowest BCUT2D eigenvalue weighted by molar-refractivity contribution is 0.447. The van der Waals surface area contributed by atoms with Gasteiger partial charge < -0.3 is 21.3 Å². The maximum atomic E-state index is 13.6. The Morgan fingerprint density at radius 1 is 1.30 bits per heavy atom. The van der Waals surface area contributed by atoms with Crippen LogP contribution in [0.15, 0.2) is 24.3 Å². The van der Waals surface area contributed by atoms with Crippen LogP contribution in [0.3, 0.4) is 0 Å². The van der Waals surface area contributed by atoms with Gasteiger partial charge in [-0.2, -0.15) is 9.97 Å². The van der Waals surface area contributed by atoms with Crippen LogP contribution in [-0.4, -0.2) is 36.1 Å². The summed E-state index contributed by atoms with van der Waals surface area (Å²) in [5.41, 5.74) is 5.95. The summed E-state index contributed by atoms with van der Waals surface area (Å²) < 4.78 is 26.9. The SMILES string of the molecule is CNC1CN(c2cc(NCc3cccc(F)c3F)nc(N)n2)C1. The third kappa shape index (κ3) is 3.31. The molecular formula is C15H18F2N6. The van der Waals surface area contributed by atoms with Crippen LogP contribution in [0.2, 0.25) is 0 Å². The first-order valence-electron chi connectivity index (χ1n) is 7.30. The van der Waals surface area contributed by atoms with Crippen molar-refractivity contribution in [2.24, 2.45) is 0 Å². The Bertz CT molecular complexity index is 702. The summed E-state index contributed by atoms with van der Waals surface area (Å²) in [7, 11) is 1.91. The molecule has 0 amide bonds. The topological polar surface area (TPSA) is 79.1 Å². The van der Waals surface area contributed by atoms with Crippen molar-refractivity contribution in [3.63, 3.8) is 0 Å². The van der Waals surface area contributed by atoms with Crippen molar-refractivity contribution in [1.82, 2.24) is 15.3 Å². The minimum atomic E-state index is -0.870. The van der Waals surface area contributed by atoms with Crippen LogP contribution in [0.4, 0.5) is 26.4 Å². The average Bonchev–Trinajstić information content (AvgIpc) is 2.47. The summed E-state index contributed by atoms with van der Waals surface area (Å²) in [5.74, 6) is -0.402. The van der Waals surface area contributed by atoms with Crippen molar-refractivity contribution in [2.45, 2.75) is 12.6 Å².